The van der Waals surface area contributed by atoms with Gasteiger partial charge >= 0.3 is 19.8 Å². The number of phosphoric acid groups is 1. The number of phosphoric ester groups is 1. The summed E-state index contributed by atoms with van der Waals surface area (Å²) in [7, 11) is -4.63. The highest BCUT2D eigenvalue weighted by molar-refractivity contribution is 7.47. The molecule has 342 valence electrons. The zero-order chi connectivity index (χ0) is 43.3. The van der Waals surface area contributed by atoms with E-state index in [2.05, 4.69) is 74.6 Å². The molecule has 0 spiro atoms. The van der Waals surface area contributed by atoms with Gasteiger partial charge in [0.1, 0.15) is 12.1 Å². The van der Waals surface area contributed by atoms with Crippen LogP contribution in [0.2, 0.25) is 0 Å². The van der Waals surface area contributed by atoms with E-state index in [0.717, 1.165) is 64.2 Å². The van der Waals surface area contributed by atoms with Crippen LogP contribution in [-0.4, -0.2) is 60.5 Å². The molecule has 10 nitrogen and oxygen atoms in total. The van der Waals surface area contributed by atoms with Crippen molar-refractivity contribution >= 4 is 19.8 Å². The van der Waals surface area contributed by atoms with E-state index in [1.165, 1.54) is 103 Å². The SMILES string of the molecule is CC/C=C\C/C=C\C/C=C\CCCCCC(=O)OC(COCCCCCCCCCCCCCC/C=C\C/C=C\CCCCCCC)COP(=O)(O)OCC(N)C(=O)O. The Bertz CT molecular complexity index is 1170. The number of nitrogens with two attached hydrogens (primary N) is 1. The van der Waals surface area contributed by atoms with E-state index in [1.54, 1.807) is 0 Å². The van der Waals surface area contributed by atoms with E-state index in [0.29, 0.717) is 13.0 Å². The molecule has 0 aromatic rings. The first-order valence-electron chi connectivity index (χ1n) is 23.3. The molecule has 3 atom stereocenters. The largest absolute Gasteiger partial charge is 0.480 e. The topological polar surface area (TPSA) is 155 Å². The summed E-state index contributed by atoms with van der Waals surface area (Å²) in [6, 6.07) is -1.48. The number of hydrogen-bond donors (Lipinski definition) is 3. The molecule has 4 N–H and O–H groups in total. The monoisotopic (exact) mass is 852 g/mol. The fourth-order valence-corrected chi connectivity index (χ4v) is 6.96. The molecule has 0 heterocycles. The van der Waals surface area contributed by atoms with E-state index in [4.69, 9.17) is 29.4 Å². The van der Waals surface area contributed by atoms with Crippen molar-refractivity contribution in [2.24, 2.45) is 5.73 Å². The fourth-order valence-electron chi connectivity index (χ4n) is 6.18. The zero-order valence-electron chi connectivity index (χ0n) is 37.3. The van der Waals surface area contributed by atoms with Gasteiger partial charge in [0.2, 0.25) is 0 Å². The number of unbranched alkanes of at least 4 members (excludes halogenated alkanes) is 20. The Morgan fingerprint density at radius 3 is 1.47 bits per heavy atom. The molecule has 11 heteroatoms. The Balaban J connectivity index is 4.14. The van der Waals surface area contributed by atoms with Gasteiger partial charge in [-0.1, -0.05) is 171 Å². The van der Waals surface area contributed by atoms with Crippen molar-refractivity contribution in [3.63, 3.8) is 0 Å². The average Bonchev–Trinajstić information content (AvgIpc) is 3.21. The average molecular weight is 852 g/mol. The Hall–Kier alpha value is -2.33. The molecule has 0 aliphatic rings. The van der Waals surface area contributed by atoms with Gasteiger partial charge in [-0.05, 0) is 77.0 Å². The van der Waals surface area contributed by atoms with Crippen LogP contribution in [-0.2, 0) is 32.7 Å². The first kappa shape index (κ1) is 56.7. The summed E-state index contributed by atoms with van der Waals surface area (Å²) < 4.78 is 33.3. The van der Waals surface area contributed by atoms with Crippen LogP contribution in [0.25, 0.3) is 0 Å². The Labute approximate surface area is 360 Å². The molecule has 0 amide bonds. The van der Waals surface area contributed by atoms with Crippen molar-refractivity contribution in [2.45, 2.75) is 206 Å². The number of carbonyl (C=O) groups excluding carboxylic acids is 1. The molecule has 0 saturated heterocycles. The van der Waals surface area contributed by atoms with Crippen LogP contribution < -0.4 is 5.73 Å². The van der Waals surface area contributed by atoms with Crippen LogP contribution in [0.4, 0.5) is 0 Å². The number of carbonyl (C=O) groups is 2. The highest BCUT2D eigenvalue weighted by Crippen LogP contribution is 2.43. The van der Waals surface area contributed by atoms with Crippen molar-refractivity contribution < 1.29 is 42.7 Å². The number of carboxylic acids is 1. The number of rotatable bonds is 44. The Morgan fingerprint density at radius 2 is 0.983 bits per heavy atom. The highest BCUT2D eigenvalue weighted by Gasteiger charge is 2.27. The number of esters is 1. The van der Waals surface area contributed by atoms with Crippen LogP contribution in [0.15, 0.2) is 60.8 Å². The quantitative estimate of drug-likeness (QED) is 0.0233. The van der Waals surface area contributed by atoms with E-state index in [9.17, 15) is 19.0 Å². The van der Waals surface area contributed by atoms with Crippen LogP contribution in [0.5, 0.6) is 0 Å². The van der Waals surface area contributed by atoms with Crippen LogP contribution in [0.1, 0.15) is 194 Å². The smallest absolute Gasteiger partial charge is 0.472 e. The number of carboxylic acid groups (broad SMARTS) is 1. The molecule has 3 unspecified atom stereocenters. The van der Waals surface area contributed by atoms with Crippen molar-refractivity contribution in [1.82, 2.24) is 0 Å². The van der Waals surface area contributed by atoms with Gasteiger partial charge in [0.25, 0.3) is 0 Å². The van der Waals surface area contributed by atoms with E-state index >= 15 is 0 Å². The predicted octanol–water partition coefficient (Wildman–Crippen LogP) is 13.2. The van der Waals surface area contributed by atoms with Crippen molar-refractivity contribution in [1.29, 1.82) is 0 Å². The summed E-state index contributed by atoms with van der Waals surface area (Å²) in [6.07, 6.45) is 52.9. The second kappa shape index (κ2) is 43.7. The van der Waals surface area contributed by atoms with Crippen molar-refractivity contribution in [2.75, 3.05) is 26.4 Å². The second-order valence-electron chi connectivity index (χ2n) is 15.5. The zero-order valence-corrected chi connectivity index (χ0v) is 38.2. The molecular weight excluding hydrogens is 766 g/mol. The standard InChI is InChI=1S/C48H86NO9P/c1-3-5-7-9-11-13-15-17-18-19-20-21-22-23-24-25-26-27-29-31-33-35-37-39-41-55-42-45(43-56-59(53,54)57-44-46(49)48(51)52)58-47(50)40-38-36-34-32-30-28-16-14-12-10-8-6-4-2/h6,8,12,14-15,17,19-20,28,30,45-46H,3-5,7,9-11,13,16,18,21-27,29,31-44,49H2,1-2H3,(H,51,52)(H,53,54)/b8-6-,14-12-,17-15-,20-19-,30-28-. The maximum Gasteiger partial charge on any atom is 0.472 e. The summed E-state index contributed by atoms with van der Waals surface area (Å²) in [5.74, 6) is -1.81. The van der Waals surface area contributed by atoms with Gasteiger partial charge in [0, 0.05) is 13.0 Å². The third kappa shape index (κ3) is 43.6. The fraction of sp³-hybridized carbons (Fsp3) is 0.750. The first-order valence-corrected chi connectivity index (χ1v) is 24.8. The minimum absolute atomic E-state index is 0.00215. The van der Waals surface area contributed by atoms with Gasteiger partial charge in [-0.2, -0.15) is 0 Å². The summed E-state index contributed by atoms with van der Waals surface area (Å²) >= 11 is 0. The van der Waals surface area contributed by atoms with E-state index in [1.807, 2.05) is 0 Å². The van der Waals surface area contributed by atoms with Gasteiger partial charge in [-0.15, -0.1) is 0 Å². The molecule has 0 aromatic carbocycles. The molecule has 0 rings (SSSR count). The van der Waals surface area contributed by atoms with Gasteiger partial charge in [-0.3, -0.25) is 18.6 Å². The van der Waals surface area contributed by atoms with Gasteiger partial charge in [0.15, 0.2) is 0 Å². The Kier molecular flexibility index (Phi) is 42.0. The maximum absolute atomic E-state index is 12.6. The number of aliphatic carboxylic acids is 1. The second-order valence-corrected chi connectivity index (χ2v) is 17.0. The third-order valence-electron chi connectivity index (χ3n) is 9.78. The molecule has 59 heavy (non-hydrogen) atoms. The molecular formula is C48H86NO9P. The van der Waals surface area contributed by atoms with E-state index < -0.39 is 45.1 Å². The third-order valence-corrected chi connectivity index (χ3v) is 10.7. The maximum atomic E-state index is 12.6. The molecule has 0 aliphatic carbocycles. The van der Waals surface area contributed by atoms with Crippen molar-refractivity contribution in [3.05, 3.63) is 60.8 Å². The lowest BCUT2D eigenvalue weighted by atomic mass is 10.0. The number of ether oxygens (including phenoxy) is 2. The summed E-state index contributed by atoms with van der Waals surface area (Å²) in [6.45, 7) is 3.71. The van der Waals surface area contributed by atoms with Crippen LogP contribution in [0, 0.1) is 0 Å². The lowest BCUT2D eigenvalue weighted by Crippen LogP contribution is -2.34. The van der Waals surface area contributed by atoms with Crippen LogP contribution in [0.3, 0.4) is 0 Å². The predicted molar refractivity (Wildman–Crippen MR) is 244 cm³/mol. The summed E-state index contributed by atoms with van der Waals surface area (Å²) in [4.78, 5) is 33.5. The molecule has 0 bridgehead atoms. The molecule has 0 saturated carbocycles. The molecule has 0 aliphatic heterocycles. The van der Waals surface area contributed by atoms with Gasteiger partial charge in [0.05, 0.1) is 19.8 Å². The normalized spacial score (nSPS) is 14.4. The lowest BCUT2D eigenvalue weighted by Gasteiger charge is -2.20. The lowest BCUT2D eigenvalue weighted by molar-refractivity contribution is -0.154. The van der Waals surface area contributed by atoms with Crippen molar-refractivity contribution in [3.8, 4) is 0 Å². The number of hydrogen-bond acceptors (Lipinski definition) is 8. The van der Waals surface area contributed by atoms with Crippen LogP contribution >= 0.6 is 7.82 Å². The first-order chi connectivity index (χ1) is 28.7. The Morgan fingerprint density at radius 1 is 0.559 bits per heavy atom. The summed E-state index contributed by atoms with van der Waals surface area (Å²) in [5.41, 5.74) is 5.36. The van der Waals surface area contributed by atoms with E-state index in [-0.39, 0.29) is 13.0 Å². The molecule has 0 radical (unpaired) electrons. The van der Waals surface area contributed by atoms with Gasteiger partial charge in [-0.25, -0.2) is 4.57 Å². The molecule has 0 fully saturated rings. The molecule has 0 aromatic heterocycles. The highest BCUT2D eigenvalue weighted by atomic mass is 31.2. The summed E-state index contributed by atoms with van der Waals surface area (Å²) in [5, 5.41) is 8.90. The van der Waals surface area contributed by atoms with Gasteiger partial charge < -0.3 is 25.2 Å². The minimum Gasteiger partial charge on any atom is -0.480 e. The number of allylic oxidation sites excluding steroid dienone is 10. The minimum atomic E-state index is -4.63.